The largest absolute Gasteiger partial charge is 0.496 e. The lowest BCUT2D eigenvalue weighted by Crippen LogP contribution is -2.50. The van der Waals surface area contributed by atoms with Crippen LogP contribution in [0, 0.1) is 24.6 Å². The summed E-state index contributed by atoms with van der Waals surface area (Å²) in [6, 6.07) is 9.58. The van der Waals surface area contributed by atoms with Gasteiger partial charge in [0.05, 0.1) is 13.2 Å². The minimum Gasteiger partial charge on any atom is -0.496 e. The summed E-state index contributed by atoms with van der Waals surface area (Å²) in [7, 11) is 1.57. The van der Waals surface area contributed by atoms with E-state index < -0.39 is 0 Å². The molecule has 2 aromatic heterocycles. The molecule has 3 aromatic rings. The highest BCUT2D eigenvalue weighted by Gasteiger charge is 2.43. The van der Waals surface area contributed by atoms with E-state index >= 15 is 0 Å². The number of carbonyl (C=O) groups excluding carboxylic acids is 1. The zero-order chi connectivity index (χ0) is 26.2. The molecular weight excluding hydrogens is 485 g/mol. The van der Waals surface area contributed by atoms with E-state index in [0.29, 0.717) is 36.4 Å². The van der Waals surface area contributed by atoms with Crippen LogP contribution in [0.3, 0.4) is 0 Å². The Kier molecular flexibility index (Phi) is 7.03. The average Bonchev–Trinajstić information content (AvgIpc) is 3.51. The third-order valence-electron chi connectivity index (χ3n) is 8.47. The van der Waals surface area contributed by atoms with Crippen molar-refractivity contribution in [1.29, 1.82) is 0 Å². The normalized spacial score (nSPS) is 27.8. The number of halogens is 1. The average molecular weight is 522 g/mol. The van der Waals surface area contributed by atoms with Crippen molar-refractivity contribution >= 4 is 11.6 Å². The van der Waals surface area contributed by atoms with Gasteiger partial charge in [-0.15, -0.1) is 0 Å². The lowest BCUT2D eigenvalue weighted by Gasteiger charge is -2.36. The number of hydrogen-bond acceptors (Lipinski definition) is 7. The monoisotopic (exact) mass is 521 g/mol. The van der Waals surface area contributed by atoms with Gasteiger partial charge in [0.2, 0.25) is 5.91 Å². The number of rotatable bonds is 6. The molecule has 4 heterocycles. The number of likely N-dealkylation sites (tertiary alicyclic amines) is 1. The smallest absolute Gasteiger partial charge is 0.223 e. The minimum atomic E-state index is -0.251. The van der Waals surface area contributed by atoms with Gasteiger partial charge < -0.3 is 10.1 Å². The summed E-state index contributed by atoms with van der Waals surface area (Å²) >= 11 is 0. The lowest BCUT2D eigenvalue weighted by atomic mass is 9.74. The van der Waals surface area contributed by atoms with Crippen molar-refractivity contribution < 1.29 is 13.9 Å². The first kappa shape index (κ1) is 25.2. The summed E-state index contributed by atoms with van der Waals surface area (Å²) < 4.78 is 21.7. The molecule has 3 aliphatic rings. The first-order chi connectivity index (χ1) is 18.5. The molecule has 0 bridgehead atoms. The van der Waals surface area contributed by atoms with Gasteiger partial charge in [-0.1, -0.05) is 12.1 Å². The number of aromatic nitrogens is 3. The molecule has 4 unspecified atom stereocenters. The second-order valence-electron chi connectivity index (χ2n) is 11.0. The van der Waals surface area contributed by atoms with Gasteiger partial charge in [-0.3, -0.25) is 15.1 Å². The summed E-state index contributed by atoms with van der Waals surface area (Å²) in [5.74, 6) is 1.52. The van der Waals surface area contributed by atoms with Gasteiger partial charge in [0.15, 0.2) is 5.65 Å². The number of fused-ring (bicyclic) bond motifs is 2. The Labute approximate surface area is 222 Å². The molecular formula is C28H36FN7O2. The second kappa shape index (κ2) is 10.6. The summed E-state index contributed by atoms with van der Waals surface area (Å²) in [6.07, 6.45) is 6.62. The molecule has 1 aromatic carbocycles. The van der Waals surface area contributed by atoms with E-state index in [9.17, 15) is 9.18 Å². The summed E-state index contributed by atoms with van der Waals surface area (Å²) in [5.41, 5.74) is 9.51. The maximum absolute atomic E-state index is 14.5. The maximum atomic E-state index is 14.5. The molecule has 38 heavy (non-hydrogen) atoms. The SMILES string of the molecule is COc1cccc(F)c1CN1CCC[C@@H](NC(=O)C2CCC3NNC(c4ccc5nc(C)nn5c4)C3C2)C1. The molecule has 6 rings (SSSR count). The van der Waals surface area contributed by atoms with Crippen LogP contribution >= 0.6 is 0 Å². The van der Waals surface area contributed by atoms with E-state index in [4.69, 9.17) is 4.74 Å². The number of nitrogens with zero attached hydrogens (tertiary/aromatic N) is 4. The molecule has 0 spiro atoms. The van der Waals surface area contributed by atoms with Crippen LogP contribution in [0.25, 0.3) is 5.65 Å². The number of amides is 1. The zero-order valence-corrected chi connectivity index (χ0v) is 22.0. The molecule has 10 heteroatoms. The summed E-state index contributed by atoms with van der Waals surface area (Å²) in [6.45, 7) is 3.96. The van der Waals surface area contributed by atoms with E-state index in [1.165, 1.54) is 6.07 Å². The van der Waals surface area contributed by atoms with Gasteiger partial charge >= 0.3 is 0 Å². The van der Waals surface area contributed by atoms with Crippen LogP contribution in [-0.4, -0.2) is 57.7 Å². The molecule has 9 nitrogen and oxygen atoms in total. The molecule has 0 radical (unpaired) electrons. The molecule has 3 N–H and O–H groups in total. The highest BCUT2D eigenvalue weighted by atomic mass is 19.1. The number of pyridine rings is 1. The van der Waals surface area contributed by atoms with Crippen LogP contribution in [0.4, 0.5) is 4.39 Å². The fourth-order valence-electron chi connectivity index (χ4n) is 6.56. The van der Waals surface area contributed by atoms with Crippen LogP contribution in [0.5, 0.6) is 5.75 Å². The van der Waals surface area contributed by atoms with E-state index in [1.807, 2.05) is 23.7 Å². The Balaban J connectivity index is 1.08. The van der Waals surface area contributed by atoms with Crippen molar-refractivity contribution in [3.05, 3.63) is 59.3 Å². The third kappa shape index (κ3) is 5.00. The first-order valence-corrected chi connectivity index (χ1v) is 13.7. The van der Waals surface area contributed by atoms with Gasteiger partial charge in [0.1, 0.15) is 17.4 Å². The Bertz CT molecular complexity index is 1310. The topological polar surface area (TPSA) is 95.8 Å². The number of carbonyl (C=O) groups is 1. The summed E-state index contributed by atoms with van der Waals surface area (Å²) in [5, 5.41) is 7.81. The van der Waals surface area contributed by atoms with Crippen molar-refractivity contribution in [2.75, 3.05) is 20.2 Å². The van der Waals surface area contributed by atoms with E-state index in [0.717, 1.165) is 55.7 Å². The zero-order valence-electron chi connectivity index (χ0n) is 22.0. The Hall–Kier alpha value is -3.08. The molecule has 1 amide bonds. The third-order valence-corrected chi connectivity index (χ3v) is 8.47. The van der Waals surface area contributed by atoms with Crippen molar-refractivity contribution in [1.82, 2.24) is 35.7 Å². The fraction of sp³-hybridized carbons (Fsp3) is 0.536. The van der Waals surface area contributed by atoms with Crippen molar-refractivity contribution in [2.45, 2.75) is 63.7 Å². The molecule has 3 fully saturated rings. The van der Waals surface area contributed by atoms with Crippen molar-refractivity contribution in [3.8, 4) is 5.75 Å². The maximum Gasteiger partial charge on any atom is 0.223 e. The number of hydrogen-bond donors (Lipinski definition) is 3. The number of aryl methyl sites for hydroxylation is 1. The number of hydrazine groups is 1. The van der Waals surface area contributed by atoms with Crippen molar-refractivity contribution in [3.63, 3.8) is 0 Å². The van der Waals surface area contributed by atoms with E-state index in [1.54, 1.807) is 19.2 Å². The van der Waals surface area contributed by atoms with Gasteiger partial charge in [-0.2, -0.15) is 5.10 Å². The van der Waals surface area contributed by atoms with Gasteiger partial charge in [0, 0.05) is 42.9 Å². The van der Waals surface area contributed by atoms with Crippen LogP contribution in [-0.2, 0) is 11.3 Å². The van der Waals surface area contributed by atoms with Crippen LogP contribution < -0.4 is 20.9 Å². The predicted octanol–water partition coefficient (Wildman–Crippen LogP) is 2.90. The molecule has 202 valence electrons. The number of ether oxygens (including phenoxy) is 1. The highest BCUT2D eigenvalue weighted by molar-refractivity contribution is 5.79. The Morgan fingerprint density at radius 2 is 2.11 bits per heavy atom. The fourth-order valence-corrected chi connectivity index (χ4v) is 6.56. The van der Waals surface area contributed by atoms with Gasteiger partial charge in [-0.25, -0.2) is 19.3 Å². The quantitative estimate of drug-likeness (QED) is 0.459. The van der Waals surface area contributed by atoms with Crippen LogP contribution in [0.2, 0.25) is 0 Å². The Morgan fingerprint density at radius 1 is 1.21 bits per heavy atom. The number of piperidine rings is 1. The highest BCUT2D eigenvalue weighted by Crippen LogP contribution is 2.40. The predicted molar refractivity (Wildman–Crippen MR) is 141 cm³/mol. The van der Waals surface area contributed by atoms with Gasteiger partial charge in [-0.05, 0) is 75.3 Å². The van der Waals surface area contributed by atoms with E-state index in [-0.39, 0.29) is 29.7 Å². The number of benzene rings is 1. The van der Waals surface area contributed by atoms with Crippen molar-refractivity contribution in [2.24, 2.45) is 11.8 Å². The second-order valence-corrected chi connectivity index (χ2v) is 11.0. The molecule has 1 aliphatic carbocycles. The molecule has 1 saturated carbocycles. The molecule has 5 atom stereocenters. The lowest BCUT2D eigenvalue weighted by molar-refractivity contribution is -0.127. The van der Waals surface area contributed by atoms with E-state index in [2.05, 4.69) is 37.2 Å². The Morgan fingerprint density at radius 3 is 2.97 bits per heavy atom. The standard InChI is InChI=1S/C28H36FN7O2/c1-17-30-26-11-9-19(14-36(26)34-17)27-21-13-18(8-10-24(21)32-33-27)28(37)31-20-5-4-12-35(15-20)16-22-23(29)6-3-7-25(22)38-2/h3,6-7,9,11,14,18,20-21,24,27,32-33H,4-5,8,10,12-13,15-16H2,1-2H3,(H,31,37)/t18?,20-,21?,24?,27?/m1/s1. The first-order valence-electron chi connectivity index (χ1n) is 13.7. The molecule has 2 aliphatic heterocycles. The number of nitrogens with one attached hydrogen (secondary N) is 3. The minimum absolute atomic E-state index is 0.0140. The van der Waals surface area contributed by atoms with Crippen LogP contribution in [0.1, 0.15) is 55.1 Å². The number of methoxy groups -OCH3 is 1. The van der Waals surface area contributed by atoms with Crippen LogP contribution in [0.15, 0.2) is 36.5 Å². The molecule has 2 saturated heterocycles. The summed E-state index contributed by atoms with van der Waals surface area (Å²) in [4.78, 5) is 20.1. The van der Waals surface area contributed by atoms with Gasteiger partial charge in [0.25, 0.3) is 0 Å².